The molecule has 0 bridgehead atoms. The number of carbonyl (C=O) groups excluding carboxylic acids is 1. The van der Waals surface area contributed by atoms with Gasteiger partial charge in [-0.15, -0.1) is 0 Å². The Morgan fingerprint density at radius 1 is 1.14 bits per heavy atom. The Balaban J connectivity index is 5.18. The highest BCUT2D eigenvalue weighted by atomic mass is 16.5. The molecule has 0 aromatic rings. The van der Waals surface area contributed by atoms with Crippen LogP contribution in [0.2, 0.25) is 0 Å². The highest BCUT2D eigenvalue weighted by Gasteiger charge is 2.44. The Morgan fingerprint density at radius 3 is 2.10 bits per heavy atom. The first kappa shape index (κ1) is 20.4. The summed E-state index contributed by atoms with van der Waals surface area (Å²) in [4.78, 5) is 12.7. The smallest absolute Gasteiger partial charge is 0.312 e. The summed E-state index contributed by atoms with van der Waals surface area (Å²) in [5, 5.41) is 18.2. The number of aliphatic hydroxyl groups is 2. The van der Waals surface area contributed by atoms with E-state index in [4.69, 9.17) is 9.84 Å². The van der Waals surface area contributed by atoms with Crippen molar-refractivity contribution in [3.63, 3.8) is 0 Å². The van der Waals surface area contributed by atoms with Crippen LogP contribution in [0.3, 0.4) is 0 Å². The van der Waals surface area contributed by atoms with Gasteiger partial charge in [0, 0.05) is 0 Å². The summed E-state index contributed by atoms with van der Waals surface area (Å²) in [5.41, 5.74) is -0.515. The zero-order chi connectivity index (χ0) is 16.6. The fraction of sp³-hybridized carbons (Fsp3) is 0.941. The van der Waals surface area contributed by atoms with Crippen LogP contribution in [-0.2, 0) is 9.53 Å². The molecule has 0 aliphatic carbocycles. The van der Waals surface area contributed by atoms with Gasteiger partial charge in [-0.3, -0.25) is 4.79 Å². The number of aliphatic hydroxyl groups excluding tert-OH is 2. The molecule has 2 N–H and O–H groups in total. The molecule has 4 heteroatoms. The zero-order valence-corrected chi connectivity index (χ0v) is 14.6. The Morgan fingerprint density at radius 2 is 1.71 bits per heavy atom. The van der Waals surface area contributed by atoms with E-state index >= 15 is 0 Å². The van der Waals surface area contributed by atoms with E-state index in [0.29, 0.717) is 11.8 Å². The van der Waals surface area contributed by atoms with Crippen LogP contribution in [0.4, 0.5) is 0 Å². The number of carbonyl (C=O) groups is 1. The third-order valence-corrected chi connectivity index (χ3v) is 4.31. The Bertz CT molecular complexity index is 301. The lowest BCUT2D eigenvalue weighted by atomic mass is 9.66. The van der Waals surface area contributed by atoms with Gasteiger partial charge in [0.05, 0.1) is 12.0 Å². The molecule has 0 aromatic carbocycles. The number of esters is 1. The standard InChI is InChI=1S/C17H34O4/c1-7-14(6)9-17(13(4)5,8-12(2)3)16(20)21-11-15(19)10-18/h12-15,18-19H,7-11H2,1-6H3. The molecule has 0 aliphatic rings. The maximum Gasteiger partial charge on any atom is 0.312 e. The quantitative estimate of drug-likeness (QED) is 0.609. The molecular weight excluding hydrogens is 268 g/mol. The molecule has 0 saturated carbocycles. The van der Waals surface area contributed by atoms with Gasteiger partial charge in [0.2, 0.25) is 0 Å². The van der Waals surface area contributed by atoms with Gasteiger partial charge >= 0.3 is 5.97 Å². The van der Waals surface area contributed by atoms with E-state index in [1.807, 2.05) is 0 Å². The zero-order valence-electron chi connectivity index (χ0n) is 14.6. The predicted octanol–water partition coefficient (Wildman–Crippen LogP) is 3.01. The largest absolute Gasteiger partial charge is 0.462 e. The first-order valence-corrected chi connectivity index (χ1v) is 8.15. The van der Waals surface area contributed by atoms with Crippen molar-refractivity contribution < 1.29 is 19.7 Å². The first-order valence-electron chi connectivity index (χ1n) is 8.15. The molecule has 21 heavy (non-hydrogen) atoms. The molecule has 0 spiro atoms. The van der Waals surface area contributed by atoms with Crippen LogP contribution in [-0.4, -0.2) is 35.5 Å². The normalized spacial score (nSPS) is 17.6. The molecule has 0 fully saturated rings. The molecule has 3 unspecified atom stereocenters. The molecule has 0 rings (SSSR count). The summed E-state index contributed by atoms with van der Waals surface area (Å²) < 4.78 is 5.32. The summed E-state index contributed by atoms with van der Waals surface area (Å²) in [6.07, 6.45) is 1.61. The summed E-state index contributed by atoms with van der Waals surface area (Å²) in [6.45, 7) is 12.1. The summed E-state index contributed by atoms with van der Waals surface area (Å²) >= 11 is 0. The number of rotatable bonds is 10. The Labute approximate surface area is 129 Å². The van der Waals surface area contributed by atoms with Crippen molar-refractivity contribution >= 4 is 5.97 Å². The predicted molar refractivity (Wildman–Crippen MR) is 84.8 cm³/mol. The molecule has 0 aromatic heterocycles. The summed E-state index contributed by atoms with van der Waals surface area (Å²) in [6, 6.07) is 0. The lowest BCUT2D eigenvalue weighted by Gasteiger charge is -2.38. The minimum absolute atomic E-state index is 0.137. The van der Waals surface area contributed by atoms with Crippen LogP contribution in [0.5, 0.6) is 0 Å². The van der Waals surface area contributed by atoms with Crippen molar-refractivity contribution in [1.29, 1.82) is 0 Å². The second-order valence-electron chi connectivity index (χ2n) is 7.06. The topological polar surface area (TPSA) is 66.8 Å². The molecular formula is C17H34O4. The molecule has 0 aliphatic heterocycles. The molecule has 126 valence electrons. The van der Waals surface area contributed by atoms with E-state index < -0.39 is 18.1 Å². The lowest BCUT2D eigenvalue weighted by Crippen LogP contribution is -2.41. The van der Waals surface area contributed by atoms with Crippen molar-refractivity contribution in [2.24, 2.45) is 23.2 Å². The van der Waals surface area contributed by atoms with Crippen LogP contribution >= 0.6 is 0 Å². The lowest BCUT2D eigenvalue weighted by molar-refractivity contribution is -0.165. The third-order valence-electron chi connectivity index (χ3n) is 4.31. The molecule has 0 saturated heterocycles. The average molecular weight is 302 g/mol. The molecule has 0 amide bonds. The van der Waals surface area contributed by atoms with Crippen LogP contribution in [0.1, 0.15) is 60.8 Å². The average Bonchev–Trinajstić information content (AvgIpc) is 2.42. The highest BCUT2D eigenvalue weighted by Crippen LogP contribution is 2.42. The molecule has 0 radical (unpaired) electrons. The van der Waals surface area contributed by atoms with Crippen LogP contribution in [0, 0.1) is 23.2 Å². The van der Waals surface area contributed by atoms with E-state index in [1.165, 1.54) is 0 Å². The molecule has 3 atom stereocenters. The van der Waals surface area contributed by atoms with Gasteiger partial charge in [-0.05, 0) is 30.6 Å². The van der Waals surface area contributed by atoms with Gasteiger partial charge in [-0.1, -0.05) is 48.0 Å². The third kappa shape index (κ3) is 6.35. The fourth-order valence-corrected chi connectivity index (χ4v) is 2.82. The molecule has 4 nitrogen and oxygen atoms in total. The van der Waals surface area contributed by atoms with Crippen molar-refractivity contribution in [3.8, 4) is 0 Å². The van der Waals surface area contributed by atoms with Crippen molar-refractivity contribution in [3.05, 3.63) is 0 Å². The van der Waals surface area contributed by atoms with Gasteiger partial charge in [-0.25, -0.2) is 0 Å². The fourth-order valence-electron chi connectivity index (χ4n) is 2.82. The van der Waals surface area contributed by atoms with Crippen LogP contribution in [0.25, 0.3) is 0 Å². The van der Waals surface area contributed by atoms with E-state index in [0.717, 1.165) is 19.3 Å². The van der Waals surface area contributed by atoms with Crippen LogP contribution in [0.15, 0.2) is 0 Å². The van der Waals surface area contributed by atoms with Gasteiger partial charge in [0.15, 0.2) is 0 Å². The van der Waals surface area contributed by atoms with Gasteiger partial charge < -0.3 is 14.9 Å². The van der Waals surface area contributed by atoms with E-state index in [1.54, 1.807) is 0 Å². The van der Waals surface area contributed by atoms with Crippen molar-refractivity contribution in [2.45, 2.75) is 66.9 Å². The second-order valence-corrected chi connectivity index (χ2v) is 7.06. The van der Waals surface area contributed by atoms with E-state index in [9.17, 15) is 9.90 Å². The minimum Gasteiger partial charge on any atom is -0.462 e. The SMILES string of the molecule is CCC(C)CC(CC(C)C)(C(=O)OCC(O)CO)C(C)C. The minimum atomic E-state index is -0.999. The maximum atomic E-state index is 12.7. The number of hydrogen-bond donors (Lipinski definition) is 2. The number of hydrogen-bond acceptors (Lipinski definition) is 4. The maximum absolute atomic E-state index is 12.7. The summed E-state index contributed by atoms with van der Waals surface area (Å²) in [5.74, 6) is 0.778. The second kappa shape index (κ2) is 9.42. The van der Waals surface area contributed by atoms with Gasteiger partial charge in [0.1, 0.15) is 12.7 Å². The van der Waals surface area contributed by atoms with Gasteiger partial charge in [0.25, 0.3) is 0 Å². The van der Waals surface area contributed by atoms with Gasteiger partial charge in [-0.2, -0.15) is 0 Å². The summed E-state index contributed by atoms with van der Waals surface area (Å²) in [7, 11) is 0. The Hall–Kier alpha value is -0.610. The highest BCUT2D eigenvalue weighted by molar-refractivity contribution is 5.77. The van der Waals surface area contributed by atoms with Crippen molar-refractivity contribution in [1.82, 2.24) is 0 Å². The number of ether oxygens (including phenoxy) is 1. The Kier molecular flexibility index (Phi) is 9.14. The van der Waals surface area contributed by atoms with E-state index in [-0.39, 0.29) is 18.5 Å². The van der Waals surface area contributed by atoms with E-state index in [2.05, 4.69) is 41.5 Å². The van der Waals surface area contributed by atoms with Crippen LogP contribution < -0.4 is 0 Å². The first-order chi connectivity index (χ1) is 9.69. The molecule has 0 heterocycles. The monoisotopic (exact) mass is 302 g/mol. The van der Waals surface area contributed by atoms with Crippen molar-refractivity contribution in [2.75, 3.05) is 13.2 Å².